The number of carbonyl (C=O) groups excluding carboxylic acids is 1. The van der Waals surface area contributed by atoms with Gasteiger partial charge in [0.05, 0.1) is 12.7 Å². The van der Waals surface area contributed by atoms with E-state index >= 15 is 0 Å². The Labute approximate surface area is 168 Å². The summed E-state index contributed by atoms with van der Waals surface area (Å²) in [6.45, 7) is 1.88. The van der Waals surface area contributed by atoms with Gasteiger partial charge in [-0.2, -0.15) is 4.98 Å². The number of methoxy groups -OCH3 is 1. The van der Waals surface area contributed by atoms with Gasteiger partial charge in [0.1, 0.15) is 5.75 Å². The monoisotopic (exact) mass is 393 g/mol. The second-order valence-electron chi connectivity index (χ2n) is 6.94. The maximum atomic E-state index is 12.5. The molecule has 0 radical (unpaired) electrons. The lowest BCUT2D eigenvalue weighted by molar-refractivity contribution is -0.125. The van der Waals surface area contributed by atoms with E-state index in [1.807, 2.05) is 41.3 Å². The smallest absolute Gasteiger partial charge is 0.324 e. The molecule has 4 rings (SSSR count). The van der Waals surface area contributed by atoms with Gasteiger partial charge in [-0.1, -0.05) is 23.4 Å². The number of benzene rings is 1. The van der Waals surface area contributed by atoms with Gasteiger partial charge in [-0.05, 0) is 36.6 Å². The Morgan fingerprint density at radius 3 is 2.83 bits per heavy atom. The molecule has 2 aromatic heterocycles. The van der Waals surface area contributed by atoms with E-state index in [2.05, 4.69) is 20.4 Å². The maximum absolute atomic E-state index is 12.5. The highest BCUT2D eigenvalue weighted by molar-refractivity contribution is 5.79. The van der Waals surface area contributed by atoms with Gasteiger partial charge in [-0.25, -0.2) is 0 Å². The number of anilines is 1. The molecule has 1 aliphatic heterocycles. The largest absolute Gasteiger partial charge is 0.496 e. The van der Waals surface area contributed by atoms with Crippen LogP contribution in [0.5, 0.6) is 5.75 Å². The normalized spacial score (nSPS) is 14.6. The molecule has 1 fully saturated rings. The fourth-order valence-electron chi connectivity index (χ4n) is 3.45. The molecule has 3 aromatic rings. The molecule has 150 valence electrons. The molecule has 1 amide bonds. The van der Waals surface area contributed by atoms with E-state index in [0.717, 1.165) is 24.0 Å². The molecular weight excluding hydrogens is 370 g/mol. The van der Waals surface area contributed by atoms with Gasteiger partial charge >= 0.3 is 6.01 Å². The topological polar surface area (TPSA) is 93.4 Å². The van der Waals surface area contributed by atoms with Crippen LogP contribution in [0.3, 0.4) is 0 Å². The molecule has 8 nitrogen and oxygen atoms in total. The third-order valence-corrected chi connectivity index (χ3v) is 5.09. The van der Waals surface area contributed by atoms with Crippen molar-refractivity contribution in [2.45, 2.75) is 19.4 Å². The van der Waals surface area contributed by atoms with Crippen LogP contribution in [0.25, 0.3) is 11.4 Å². The van der Waals surface area contributed by atoms with Crippen LogP contribution in [-0.2, 0) is 11.3 Å². The number of para-hydroxylation sites is 1. The zero-order chi connectivity index (χ0) is 20.1. The molecule has 0 spiro atoms. The van der Waals surface area contributed by atoms with Crippen molar-refractivity contribution in [2.24, 2.45) is 5.92 Å². The number of hydrogen-bond donors (Lipinski definition) is 1. The van der Waals surface area contributed by atoms with Crippen LogP contribution in [0, 0.1) is 5.92 Å². The van der Waals surface area contributed by atoms with Crippen molar-refractivity contribution < 1.29 is 14.1 Å². The van der Waals surface area contributed by atoms with Gasteiger partial charge in [-0.15, -0.1) is 0 Å². The second kappa shape index (κ2) is 8.72. The highest BCUT2D eigenvalue weighted by Gasteiger charge is 2.27. The van der Waals surface area contributed by atoms with Gasteiger partial charge in [0.2, 0.25) is 11.7 Å². The Kier molecular flexibility index (Phi) is 5.69. The van der Waals surface area contributed by atoms with Crippen molar-refractivity contribution in [3.8, 4) is 17.1 Å². The average molecular weight is 393 g/mol. The highest BCUT2D eigenvalue weighted by Crippen LogP contribution is 2.30. The van der Waals surface area contributed by atoms with Crippen LogP contribution in [0.4, 0.5) is 6.01 Å². The predicted octanol–water partition coefficient (Wildman–Crippen LogP) is 2.67. The Morgan fingerprint density at radius 1 is 1.24 bits per heavy atom. The minimum atomic E-state index is -0.0143. The first-order chi connectivity index (χ1) is 14.2. The molecule has 0 saturated carbocycles. The molecular formula is C21H23N5O3. The molecule has 0 aliphatic carbocycles. The van der Waals surface area contributed by atoms with Gasteiger partial charge in [0.15, 0.2) is 0 Å². The van der Waals surface area contributed by atoms with Gasteiger partial charge in [0, 0.05) is 37.9 Å². The van der Waals surface area contributed by atoms with E-state index in [9.17, 15) is 4.79 Å². The summed E-state index contributed by atoms with van der Waals surface area (Å²) in [6.07, 6.45) is 4.96. The lowest BCUT2D eigenvalue weighted by Crippen LogP contribution is -2.40. The highest BCUT2D eigenvalue weighted by atomic mass is 16.5. The van der Waals surface area contributed by atoms with E-state index in [4.69, 9.17) is 9.26 Å². The second-order valence-corrected chi connectivity index (χ2v) is 6.94. The zero-order valence-corrected chi connectivity index (χ0v) is 16.2. The van der Waals surface area contributed by atoms with Crippen molar-refractivity contribution >= 4 is 11.9 Å². The molecule has 0 unspecified atom stereocenters. The third kappa shape index (κ3) is 4.37. The summed E-state index contributed by atoms with van der Waals surface area (Å²) in [7, 11) is 1.62. The van der Waals surface area contributed by atoms with Crippen LogP contribution in [0.2, 0.25) is 0 Å². The number of nitrogens with one attached hydrogen (secondary N) is 1. The maximum Gasteiger partial charge on any atom is 0.324 e. The lowest BCUT2D eigenvalue weighted by Gasteiger charge is -2.29. The van der Waals surface area contributed by atoms with Crippen molar-refractivity contribution in [3.63, 3.8) is 0 Å². The number of amides is 1. The van der Waals surface area contributed by atoms with Gasteiger partial charge in [-0.3, -0.25) is 9.78 Å². The van der Waals surface area contributed by atoms with E-state index in [-0.39, 0.29) is 11.8 Å². The Morgan fingerprint density at radius 2 is 2.07 bits per heavy atom. The fraction of sp³-hybridized carbons (Fsp3) is 0.333. The Hall–Kier alpha value is -3.42. The van der Waals surface area contributed by atoms with Crippen LogP contribution >= 0.6 is 0 Å². The minimum Gasteiger partial charge on any atom is -0.496 e. The van der Waals surface area contributed by atoms with Crippen LogP contribution in [0.1, 0.15) is 18.4 Å². The van der Waals surface area contributed by atoms with Crippen molar-refractivity contribution in [3.05, 3.63) is 54.4 Å². The zero-order valence-electron chi connectivity index (χ0n) is 16.2. The SMILES string of the molecule is COc1ccccc1-c1noc(N2CCC(C(=O)NCc3cccnc3)CC2)n1. The standard InChI is InChI=1S/C21H23N5O3/c1-28-18-7-3-2-6-17(18)19-24-21(29-25-19)26-11-8-16(9-12-26)20(27)23-14-15-5-4-10-22-13-15/h2-7,10,13,16H,8-9,11-12,14H2,1H3,(H,23,27). The lowest BCUT2D eigenvalue weighted by atomic mass is 9.96. The number of carbonyl (C=O) groups is 1. The first kappa shape index (κ1) is 18.9. The number of piperidine rings is 1. The van der Waals surface area contributed by atoms with Crippen LogP contribution in [-0.4, -0.2) is 41.2 Å². The molecule has 8 heteroatoms. The van der Waals surface area contributed by atoms with Crippen molar-refractivity contribution in [1.29, 1.82) is 0 Å². The minimum absolute atomic E-state index is 0.0143. The number of hydrogen-bond acceptors (Lipinski definition) is 7. The quantitative estimate of drug-likeness (QED) is 0.688. The molecule has 29 heavy (non-hydrogen) atoms. The summed E-state index contributed by atoms with van der Waals surface area (Å²) in [5.74, 6) is 1.26. The summed E-state index contributed by atoms with van der Waals surface area (Å²) in [6, 6.07) is 11.8. The predicted molar refractivity (Wildman–Crippen MR) is 107 cm³/mol. The number of ether oxygens (including phenoxy) is 1. The first-order valence-electron chi connectivity index (χ1n) is 9.63. The molecule has 1 aliphatic rings. The summed E-state index contributed by atoms with van der Waals surface area (Å²) >= 11 is 0. The molecule has 1 N–H and O–H groups in total. The summed E-state index contributed by atoms with van der Waals surface area (Å²) in [5, 5.41) is 7.09. The van der Waals surface area contributed by atoms with Crippen molar-refractivity contribution in [1.82, 2.24) is 20.4 Å². The fourth-order valence-corrected chi connectivity index (χ4v) is 3.45. The third-order valence-electron chi connectivity index (χ3n) is 5.09. The Bertz CT molecular complexity index is 952. The van der Waals surface area contributed by atoms with Gasteiger partial charge < -0.3 is 19.5 Å². The van der Waals surface area contributed by atoms with Crippen LogP contribution in [0.15, 0.2) is 53.3 Å². The Balaban J connectivity index is 1.33. The van der Waals surface area contributed by atoms with Crippen molar-refractivity contribution in [2.75, 3.05) is 25.1 Å². The molecule has 1 saturated heterocycles. The number of nitrogens with zero attached hydrogens (tertiary/aromatic N) is 4. The summed E-state index contributed by atoms with van der Waals surface area (Å²) in [4.78, 5) is 23.1. The average Bonchev–Trinajstić information content (AvgIpc) is 3.28. The van der Waals surface area contributed by atoms with E-state index in [0.29, 0.717) is 37.2 Å². The van der Waals surface area contributed by atoms with Crippen LogP contribution < -0.4 is 15.0 Å². The van der Waals surface area contributed by atoms with E-state index in [1.165, 1.54) is 0 Å². The summed E-state index contributed by atoms with van der Waals surface area (Å²) < 4.78 is 10.8. The molecule has 1 aromatic carbocycles. The van der Waals surface area contributed by atoms with E-state index < -0.39 is 0 Å². The molecule has 3 heterocycles. The first-order valence-corrected chi connectivity index (χ1v) is 9.63. The molecule has 0 bridgehead atoms. The number of pyridine rings is 1. The summed E-state index contributed by atoms with van der Waals surface area (Å²) in [5.41, 5.74) is 1.78. The van der Waals surface area contributed by atoms with E-state index in [1.54, 1.807) is 19.5 Å². The number of aromatic nitrogens is 3. The number of rotatable bonds is 6. The van der Waals surface area contributed by atoms with Gasteiger partial charge in [0.25, 0.3) is 0 Å². The molecule has 0 atom stereocenters.